The summed E-state index contributed by atoms with van der Waals surface area (Å²) in [6.07, 6.45) is 5.72. The average molecular weight is 385 g/mol. The summed E-state index contributed by atoms with van der Waals surface area (Å²) < 4.78 is 5.25. The van der Waals surface area contributed by atoms with Crippen LogP contribution in [0.1, 0.15) is 28.8 Å². The summed E-state index contributed by atoms with van der Waals surface area (Å²) in [5, 5.41) is 20.3. The van der Waals surface area contributed by atoms with E-state index in [9.17, 15) is 10.1 Å². The minimum absolute atomic E-state index is 0.170. The number of hydrogen-bond acceptors (Lipinski definition) is 7. The van der Waals surface area contributed by atoms with Crippen LogP contribution in [0.2, 0.25) is 0 Å². The number of hydrogen-bond donors (Lipinski definition) is 2. The van der Waals surface area contributed by atoms with Crippen molar-refractivity contribution in [3.63, 3.8) is 0 Å². The average Bonchev–Trinajstić information content (AvgIpc) is 3.38. The number of thioether (sulfide) groups is 1. The zero-order valence-corrected chi connectivity index (χ0v) is 15.4. The fraction of sp³-hybridized carbons (Fsp3) is 0.294. The lowest BCUT2D eigenvalue weighted by atomic mass is 9.96. The quantitative estimate of drug-likeness (QED) is 0.650. The number of aryl methyl sites for hydroxylation is 1. The van der Waals surface area contributed by atoms with Gasteiger partial charge in [-0.25, -0.2) is 0 Å². The number of aromatic nitrogens is 3. The standard InChI is InChI=1S/C17H15N5O2S2/c18-8-11-10-4-1-2-6-13(10)26-16(11)19-14(23)9-25-17-20-15(21-22-17)12-5-3-7-24-12/h3,5,7H,1-2,4,6,9H2,(H,19,23)(H,20,21,22). The molecule has 0 unspecified atom stereocenters. The molecule has 3 aromatic heterocycles. The van der Waals surface area contributed by atoms with Crippen LogP contribution in [0.15, 0.2) is 28.0 Å². The number of fused-ring (bicyclic) bond motifs is 1. The van der Waals surface area contributed by atoms with Crippen LogP contribution >= 0.6 is 23.1 Å². The number of H-pyrrole nitrogens is 1. The van der Waals surface area contributed by atoms with Crippen LogP contribution in [0.5, 0.6) is 0 Å². The van der Waals surface area contributed by atoms with Gasteiger partial charge in [0.2, 0.25) is 11.1 Å². The lowest BCUT2D eigenvalue weighted by molar-refractivity contribution is -0.113. The predicted octanol–water partition coefficient (Wildman–Crippen LogP) is 3.61. The summed E-state index contributed by atoms with van der Waals surface area (Å²) >= 11 is 2.75. The van der Waals surface area contributed by atoms with Crippen molar-refractivity contribution >= 4 is 34.0 Å². The Bertz CT molecular complexity index is 968. The number of furan rings is 1. The molecule has 3 aromatic rings. The highest BCUT2D eigenvalue weighted by atomic mass is 32.2. The van der Waals surface area contributed by atoms with E-state index >= 15 is 0 Å². The molecule has 0 aromatic carbocycles. The van der Waals surface area contributed by atoms with Gasteiger partial charge in [0.1, 0.15) is 11.1 Å². The maximum Gasteiger partial charge on any atom is 0.235 e. The Hall–Kier alpha value is -2.57. The van der Waals surface area contributed by atoms with Crippen LogP contribution < -0.4 is 5.32 Å². The number of aromatic amines is 1. The molecular weight excluding hydrogens is 370 g/mol. The van der Waals surface area contributed by atoms with Gasteiger partial charge in [-0.05, 0) is 43.4 Å². The van der Waals surface area contributed by atoms with Crippen molar-refractivity contribution in [3.8, 4) is 17.7 Å². The van der Waals surface area contributed by atoms with E-state index in [1.54, 1.807) is 18.4 Å². The van der Waals surface area contributed by atoms with Crippen LogP contribution in [0.25, 0.3) is 11.6 Å². The van der Waals surface area contributed by atoms with E-state index in [1.165, 1.54) is 28.0 Å². The third kappa shape index (κ3) is 3.38. The van der Waals surface area contributed by atoms with Crippen molar-refractivity contribution in [2.75, 3.05) is 11.1 Å². The number of thiophene rings is 1. The van der Waals surface area contributed by atoms with Crippen LogP contribution in [-0.2, 0) is 17.6 Å². The number of carbonyl (C=O) groups is 1. The van der Waals surface area contributed by atoms with Crippen LogP contribution in [-0.4, -0.2) is 26.8 Å². The normalized spacial score (nSPS) is 13.2. The molecule has 4 rings (SSSR count). The van der Waals surface area contributed by atoms with Gasteiger partial charge in [0.05, 0.1) is 17.6 Å². The molecule has 0 fully saturated rings. The first kappa shape index (κ1) is 16.9. The fourth-order valence-electron chi connectivity index (χ4n) is 2.90. The van der Waals surface area contributed by atoms with Gasteiger partial charge in [-0.15, -0.1) is 16.4 Å². The van der Waals surface area contributed by atoms with Gasteiger partial charge in [0.15, 0.2) is 11.6 Å². The van der Waals surface area contributed by atoms with Crippen molar-refractivity contribution in [2.45, 2.75) is 30.8 Å². The van der Waals surface area contributed by atoms with E-state index in [0.29, 0.717) is 27.3 Å². The topological polar surface area (TPSA) is 108 Å². The van der Waals surface area contributed by atoms with E-state index < -0.39 is 0 Å². The molecule has 0 radical (unpaired) electrons. The van der Waals surface area contributed by atoms with Gasteiger partial charge in [0.25, 0.3) is 0 Å². The zero-order valence-electron chi connectivity index (χ0n) is 13.7. The molecule has 26 heavy (non-hydrogen) atoms. The first-order chi connectivity index (χ1) is 12.7. The smallest absolute Gasteiger partial charge is 0.235 e. The second-order valence-electron chi connectivity index (χ2n) is 5.81. The third-order valence-corrected chi connectivity index (χ3v) is 6.14. The zero-order chi connectivity index (χ0) is 17.9. The van der Waals surface area contributed by atoms with Gasteiger partial charge >= 0.3 is 0 Å². The largest absolute Gasteiger partial charge is 0.461 e. The number of amides is 1. The molecule has 0 saturated heterocycles. The molecule has 3 heterocycles. The Morgan fingerprint density at radius 3 is 3.15 bits per heavy atom. The summed E-state index contributed by atoms with van der Waals surface area (Å²) in [6, 6.07) is 5.80. The van der Waals surface area contributed by atoms with Gasteiger partial charge in [-0.3, -0.25) is 9.89 Å². The number of anilines is 1. The van der Waals surface area contributed by atoms with E-state index in [-0.39, 0.29) is 11.7 Å². The molecule has 0 bridgehead atoms. The van der Waals surface area contributed by atoms with Crippen LogP contribution in [0.4, 0.5) is 5.00 Å². The minimum Gasteiger partial charge on any atom is -0.461 e. The number of nitrogens with one attached hydrogen (secondary N) is 2. The molecule has 7 nitrogen and oxygen atoms in total. The number of nitrogens with zero attached hydrogens (tertiary/aromatic N) is 3. The number of carbonyl (C=O) groups excluding carboxylic acids is 1. The van der Waals surface area contributed by atoms with Gasteiger partial charge in [0, 0.05) is 4.88 Å². The van der Waals surface area contributed by atoms with E-state index in [4.69, 9.17) is 4.42 Å². The second kappa shape index (κ2) is 7.35. The summed E-state index contributed by atoms with van der Waals surface area (Å²) in [4.78, 5) is 17.8. The fourth-order valence-corrected chi connectivity index (χ4v) is 4.75. The summed E-state index contributed by atoms with van der Waals surface area (Å²) in [6.45, 7) is 0. The van der Waals surface area contributed by atoms with E-state index in [1.807, 2.05) is 0 Å². The van der Waals surface area contributed by atoms with Gasteiger partial charge in [-0.2, -0.15) is 10.2 Å². The monoisotopic (exact) mass is 385 g/mol. The van der Waals surface area contributed by atoms with E-state index in [2.05, 4.69) is 26.6 Å². The highest BCUT2D eigenvalue weighted by Gasteiger charge is 2.22. The van der Waals surface area contributed by atoms with Crippen molar-refractivity contribution in [1.82, 2.24) is 15.2 Å². The van der Waals surface area contributed by atoms with Crippen molar-refractivity contribution in [3.05, 3.63) is 34.4 Å². The molecule has 0 spiro atoms. The summed E-state index contributed by atoms with van der Waals surface area (Å²) in [7, 11) is 0. The Morgan fingerprint density at radius 2 is 2.35 bits per heavy atom. The third-order valence-electron chi connectivity index (χ3n) is 4.09. The van der Waals surface area contributed by atoms with Crippen molar-refractivity contribution in [2.24, 2.45) is 0 Å². The Balaban J connectivity index is 1.39. The number of rotatable bonds is 5. The van der Waals surface area contributed by atoms with Crippen molar-refractivity contribution in [1.29, 1.82) is 5.26 Å². The first-order valence-electron chi connectivity index (χ1n) is 8.18. The molecule has 1 amide bonds. The highest BCUT2D eigenvalue weighted by molar-refractivity contribution is 7.99. The molecular formula is C17H15N5O2S2. The van der Waals surface area contributed by atoms with Crippen molar-refractivity contribution < 1.29 is 9.21 Å². The molecule has 132 valence electrons. The maximum atomic E-state index is 12.3. The Kier molecular flexibility index (Phi) is 4.77. The minimum atomic E-state index is -0.172. The van der Waals surface area contributed by atoms with Crippen LogP contribution in [0, 0.1) is 11.3 Å². The van der Waals surface area contributed by atoms with E-state index in [0.717, 1.165) is 31.2 Å². The Labute approximate surface area is 157 Å². The summed E-state index contributed by atoms with van der Waals surface area (Å²) in [5.41, 5.74) is 1.74. The second-order valence-corrected chi connectivity index (χ2v) is 7.86. The lowest BCUT2D eigenvalue weighted by Gasteiger charge is -2.09. The molecule has 0 saturated carbocycles. The van der Waals surface area contributed by atoms with Gasteiger partial charge in [-0.1, -0.05) is 11.8 Å². The molecule has 9 heteroatoms. The maximum absolute atomic E-state index is 12.3. The molecule has 1 aliphatic rings. The molecule has 1 aliphatic carbocycles. The number of nitriles is 1. The summed E-state index contributed by atoms with van der Waals surface area (Å²) in [5.74, 6) is 1.12. The lowest BCUT2D eigenvalue weighted by Crippen LogP contribution is -2.14. The Morgan fingerprint density at radius 1 is 1.46 bits per heavy atom. The molecule has 2 N–H and O–H groups in total. The molecule has 0 aliphatic heterocycles. The SMILES string of the molecule is N#Cc1c(NC(=O)CSc2n[nH]c(-c3ccco3)n2)sc2c1CCCC2. The predicted molar refractivity (Wildman–Crippen MR) is 99.1 cm³/mol. The van der Waals surface area contributed by atoms with Crippen LogP contribution in [0.3, 0.4) is 0 Å². The van der Waals surface area contributed by atoms with Gasteiger partial charge < -0.3 is 9.73 Å². The highest BCUT2D eigenvalue weighted by Crippen LogP contribution is 2.37. The molecule has 0 atom stereocenters. The first-order valence-corrected chi connectivity index (χ1v) is 9.98.